The van der Waals surface area contributed by atoms with Crippen LogP contribution in [0.4, 0.5) is 0 Å². The van der Waals surface area contributed by atoms with E-state index < -0.39 is 0 Å². The molecule has 5 heteroatoms. The van der Waals surface area contributed by atoms with E-state index in [1.54, 1.807) is 17.7 Å². The van der Waals surface area contributed by atoms with Crippen LogP contribution in [-0.2, 0) is 10.5 Å². The number of carbonyl (C=O) groups excluding carboxylic acids is 1. The van der Waals surface area contributed by atoms with Gasteiger partial charge < -0.3 is 14.8 Å². The molecule has 104 valence electrons. The maximum absolute atomic E-state index is 11.7. The van der Waals surface area contributed by atoms with E-state index in [9.17, 15) is 4.79 Å². The van der Waals surface area contributed by atoms with E-state index in [0.717, 1.165) is 24.4 Å². The van der Waals surface area contributed by atoms with Crippen LogP contribution in [0.15, 0.2) is 34.3 Å². The number of carbonyl (C=O) groups is 1. The van der Waals surface area contributed by atoms with Crippen molar-refractivity contribution in [1.82, 2.24) is 5.32 Å². The SMILES string of the molecule is O=C(/C=C/SCc1ccco1)NC(CCO)C1CC1. The van der Waals surface area contributed by atoms with E-state index >= 15 is 0 Å². The predicted octanol–water partition coefficient (Wildman–Crippen LogP) is 2.30. The molecule has 1 fully saturated rings. The molecule has 0 spiro atoms. The summed E-state index contributed by atoms with van der Waals surface area (Å²) in [5.41, 5.74) is 0. The molecule has 1 amide bonds. The number of furan rings is 1. The minimum Gasteiger partial charge on any atom is -0.468 e. The van der Waals surface area contributed by atoms with E-state index in [4.69, 9.17) is 9.52 Å². The third kappa shape index (κ3) is 5.12. The number of hydrogen-bond donors (Lipinski definition) is 2. The Morgan fingerprint density at radius 3 is 3.11 bits per heavy atom. The quantitative estimate of drug-likeness (QED) is 0.718. The first-order chi connectivity index (χ1) is 9.29. The molecule has 1 aromatic heterocycles. The average molecular weight is 281 g/mol. The van der Waals surface area contributed by atoms with E-state index in [1.165, 1.54) is 11.8 Å². The Hall–Kier alpha value is -1.20. The van der Waals surface area contributed by atoms with Gasteiger partial charge in [-0.25, -0.2) is 0 Å². The molecule has 0 bridgehead atoms. The van der Waals surface area contributed by atoms with E-state index in [2.05, 4.69) is 5.32 Å². The Kier molecular flexibility index (Phi) is 5.54. The third-order valence-electron chi connectivity index (χ3n) is 3.08. The van der Waals surface area contributed by atoms with Gasteiger partial charge in [0.15, 0.2) is 0 Å². The number of nitrogens with one attached hydrogen (secondary N) is 1. The Morgan fingerprint density at radius 2 is 2.47 bits per heavy atom. The highest BCUT2D eigenvalue weighted by Crippen LogP contribution is 2.33. The molecule has 4 nitrogen and oxygen atoms in total. The molecule has 0 saturated heterocycles. The van der Waals surface area contributed by atoms with Crippen LogP contribution in [0.1, 0.15) is 25.0 Å². The number of aliphatic hydroxyl groups is 1. The molecular formula is C14H19NO3S. The second kappa shape index (κ2) is 7.40. The summed E-state index contributed by atoms with van der Waals surface area (Å²) >= 11 is 1.52. The van der Waals surface area contributed by atoms with Crippen molar-refractivity contribution in [1.29, 1.82) is 0 Å². The Balaban J connectivity index is 1.67. The third-order valence-corrected chi connectivity index (χ3v) is 3.86. The van der Waals surface area contributed by atoms with Gasteiger partial charge in [-0.3, -0.25) is 4.79 Å². The zero-order valence-electron chi connectivity index (χ0n) is 10.7. The van der Waals surface area contributed by atoms with Gasteiger partial charge in [0.25, 0.3) is 0 Å². The van der Waals surface area contributed by atoms with Crippen LogP contribution < -0.4 is 5.32 Å². The van der Waals surface area contributed by atoms with Crippen LogP contribution in [0.25, 0.3) is 0 Å². The van der Waals surface area contributed by atoms with Crippen LogP contribution in [0.2, 0.25) is 0 Å². The topological polar surface area (TPSA) is 62.5 Å². The van der Waals surface area contributed by atoms with Gasteiger partial charge in [0.1, 0.15) is 5.76 Å². The van der Waals surface area contributed by atoms with Gasteiger partial charge in [0.05, 0.1) is 12.0 Å². The lowest BCUT2D eigenvalue weighted by Crippen LogP contribution is -2.36. The maximum atomic E-state index is 11.7. The van der Waals surface area contributed by atoms with Crippen LogP contribution in [-0.4, -0.2) is 23.7 Å². The standard InChI is InChI=1S/C14H19NO3S/c16-7-5-13(11-3-4-11)15-14(17)6-9-19-10-12-2-1-8-18-12/h1-2,6,8-9,11,13,16H,3-5,7,10H2,(H,15,17)/b9-6+. The van der Waals surface area contributed by atoms with Crippen molar-refractivity contribution in [3.63, 3.8) is 0 Å². The van der Waals surface area contributed by atoms with Crippen molar-refractivity contribution in [2.24, 2.45) is 5.92 Å². The van der Waals surface area contributed by atoms with Gasteiger partial charge in [0, 0.05) is 18.7 Å². The lowest BCUT2D eigenvalue weighted by molar-refractivity contribution is -0.117. The van der Waals surface area contributed by atoms with Crippen molar-refractivity contribution in [2.45, 2.75) is 31.1 Å². The van der Waals surface area contributed by atoms with E-state index in [0.29, 0.717) is 12.3 Å². The number of rotatable bonds is 8. The van der Waals surface area contributed by atoms with Gasteiger partial charge in [-0.2, -0.15) is 0 Å². The van der Waals surface area contributed by atoms with Gasteiger partial charge in [-0.05, 0) is 42.7 Å². The highest BCUT2D eigenvalue weighted by atomic mass is 32.2. The minimum atomic E-state index is -0.0858. The second-order valence-electron chi connectivity index (χ2n) is 4.66. The zero-order valence-corrected chi connectivity index (χ0v) is 11.6. The lowest BCUT2D eigenvalue weighted by Gasteiger charge is -2.15. The van der Waals surface area contributed by atoms with Crippen LogP contribution in [0, 0.1) is 5.92 Å². The van der Waals surface area contributed by atoms with Gasteiger partial charge >= 0.3 is 0 Å². The molecular weight excluding hydrogens is 262 g/mol. The number of aliphatic hydroxyl groups excluding tert-OH is 1. The van der Waals surface area contributed by atoms with Crippen molar-refractivity contribution >= 4 is 17.7 Å². The fraction of sp³-hybridized carbons (Fsp3) is 0.500. The van der Waals surface area contributed by atoms with Gasteiger partial charge in [-0.15, -0.1) is 11.8 Å². The molecule has 1 atom stereocenters. The van der Waals surface area contributed by atoms with Crippen molar-refractivity contribution in [2.75, 3.05) is 6.61 Å². The normalized spacial score (nSPS) is 16.7. The molecule has 19 heavy (non-hydrogen) atoms. The Morgan fingerprint density at radius 1 is 1.63 bits per heavy atom. The molecule has 1 unspecified atom stereocenters. The summed E-state index contributed by atoms with van der Waals surface area (Å²) in [5, 5.41) is 13.7. The van der Waals surface area contributed by atoms with Crippen molar-refractivity contribution < 1.29 is 14.3 Å². The lowest BCUT2D eigenvalue weighted by atomic mass is 10.1. The van der Waals surface area contributed by atoms with Crippen LogP contribution in [0.3, 0.4) is 0 Å². The highest BCUT2D eigenvalue weighted by Gasteiger charge is 2.31. The molecule has 0 radical (unpaired) electrons. The smallest absolute Gasteiger partial charge is 0.244 e. The Labute approximate surface area is 117 Å². The molecule has 1 heterocycles. The average Bonchev–Trinajstić information content (AvgIpc) is 3.12. The van der Waals surface area contributed by atoms with E-state index in [-0.39, 0.29) is 18.6 Å². The highest BCUT2D eigenvalue weighted by molar-refractivity contribution is 8.01. The number of hydrogen-bond acceptors (Lipinski definition) is 4. The summed E-state index contributed by atoms with van der Waals surface area (Å²) in [4.78, 5) is 11.7. The fourth-order valence-corrected chi connectivity index (χ4v) is 2.57. The minimum absolute atomic E-state index is 0.0858. The van der Waals surface area contributed by atoms with Crippen LogP contribution >= 0.6 is 11.8 Å². The predicted molar refractivity (Wildman–Crippen MR) is 75.5 cm³/mol. The van der Waals surface area contributed by atoms with Crippen molar-refractivity contribution in [3.8, 4) is 0 Å². The molecule has 1 aliphatic rings. The summed E-state index contributed by atoms with van der Waals surface area (Å²) in [6.07, 6.45) is 6.13. The molecule has 1 aliphatic carbocycles. The summed E-state index contributed by atoms with van der Waals surface area (Å²) in [6.45, 7) is 0.123. The molecule has 2 N–H and O–H groups in total. The first kappa shape index (κ1) is 14.2. The first-order valence-electron chi connectivity index (χ1n) is 6.51. The monoisotopic (exact) mass is 281 g/mol. The number of thioether (sulfide) groups is 1. The largest absolute Gasteiger partial charge is 0.468 e. The molecule has 1 aromatic rings. The molecule has 2 rings (SSSR count). The fourth-order valence-electron chi connectivity index (χ4n) is 1.93. The molecule has 1 saturated carbocycles. The molecule has 0 aromatic carbocycles. The zero-order chi connectivity index (χ0) is 13.5. The number of amides is 1. The maximum Gasteiger partial charge on any atom is 0.244 e. The molecule has 0 aliphatic heterocycles. The van der Waals surface area contributed by atoms with E-state index in [1.807, 2.05) is 12.1 Å². The Bertz CT molecular complexity index is 412. The summed E-state index contributed by atoms with van der Waals surface area (Å²) in [7, 11) is 0. The summed E-state index contributed by atoms with van der Waals surface area (Å²) in [6, 6.07) is 3.88. The summed E-state index contributed by atoms with van der Waals surface area (Å²) < 4.78 is 5.19. The van der Waals surface area contributed by atoms with Gasteiger partial charge in [-0.1, -0.05) is 0 Å². The summed E-state index contributed by atoms with van der Waals surface area (Å²) in [5.74, 6) is 2.09. The van der Waals surface area contributed by atoms with Gasteiger partial charge in [0.2, 0.25) is 5.91 Å². The van der Waals surface area contributed by atoms with Crippen molar-refractivity contribution in [3.05, 3.63) is 35.6 Å². The first-order valence-corrected chi connectivity index (χ1v) is 7.56. The second-order valence-corrected chi connectivity index (χ2v) is 5.55. The van der Waals surface area contributed by atoms with Crippen LogP contribution in [0.5, 0.6) is 0 Å².